The summed E-state index contributed by atoms with van der Waals surface area (Å²) in [7, 11) is 0. The van der Waals surface area contributed by atoms with Crippen molar-refractivity contribution in [2.24, 2.45) is 11.8 Å². The van der Waals surface area contributed by atoms with Crippen LogP contribution in [0.5, 0.6) is 0 Å². The van der Waals surface area contributed by atoms with Gasteiger partial charge in [-0.15, -0.1) is 0 Å². The first-order chi connectivity index (χ1) is 9.49. The predicted octanol–water partition coefficient (Wildman–Crippen LogP) is 1.98. The SMILES string of the molecule is CC1CCN(C(=O)N2CCSCC2CC(=O)O)CC1C. The number of carboxylic acids is 1. The fraction of sp³-hybridized carbons (Fsp3) is 0.857. The molecular formula is C14H24N2O3S. The number of likely N-dealkylation sites (tertiary alicyclic amines) is 1. The van der Waals surface area contributed by atoms with Gasteiger partial charge < -0.3 is 14.9 Å². The van der Waals surface area contributed by atoms with Crippen LogP contribution in [0.1, 0.15) is 26.7 Å². The van der Waals surface area contributed by atoms with Gasteiger partial charge in [0.05, 0.1) is 12.5 Å². The lowest BCUT2D eigenvalue weighted by atomic mass is 9.89. The number of carbonyl (C=O) groups is 2. The number of rotatable bonds is 2. The van der Waals surface area contributed by atoms with Gasteiger partial charge in [-0.05, 0) is 18.3 Å². The monoisotopic (exact) mass is 300 g/mol. The van der Waals surface area contributed by atoms with Crippen molar-refractivity contribution in [2.75, 3.05) is 31.1 Å². The van der Waals surface area contributed by atoms with Crippen molar-refractivity contribution in [3.05, 3.63) is 0 Å². The zero-order valence-electron chi connectivity index (χ0n) is 12.2. The van der Waals surface area contributed by atoms with Crippen LogP contribution < -0.4 is 0 Å². The van der Waals surface area contributed by atoms with Gasteiger partial charge in [0, 0.05) is 31.1 Å². The first kappa shape index (κ1) is 15.5. The average molecular weight is 300 g/mol. The molecule has 3 atom stereocenters. The molecule has 0 spiro atoms. The Morgan fingerprint density at radius 1 is 1.25 bits per heavy atom. The number of aliphatic carboxylic acids is 1. The smallest absolute Gasteiger partial charge is 0.320 e. The topological polar surface area (TPSA) is 60.9 Å². The molecule has 2 aliphatic rings. The van der Waals surface area contributed by atoms with Gasteiger partial charge in [0.1, 0.15) is 0 Å². The van der Waals surface area contributed by atoms with E-state index in [1.165, 1.54) is 0 Å². The second-order valence-electron chi connectivity index (χ2n) is 5.99. The molecule has 2 amide bonds. The molecule has 0 bridgehead atoms. The molecule has 0 aromatic carbocycles. The van der Waals surface area contributed by atoms with Gasteiger partial charge in [0.2, 0.25) is 0 Å². The molecule has 20 heavy (non-hydrogen) atoms. The molecule has 2 heterocycles. The summed E-state index contributed by atoms with van der Waals surface area (Å²) < 4.78 is 0. The number of hydrogen-bond acceptors (Lipinski definition) is 3. The van der Waals surface area contributed by atoms with Crippen LogP contribution in [0.15, 0.2) is 0 Å². The number of carboxylic acid groups (broad SMARTS) is 1. The highest BCUT2D eigenvalue weighted by Gasteiger charge is 2.34. The Labute approximate surface area is 124 Å². The van der Waals surface area contributed by atoms with Crippen LogP contribution in [0.2, 0.25) is 0 Å². The van der Waals surface area contributed by atoms with Crippen LogP contribution in [0.3, 0.4) is 0 Å². The van der Waals surface area contributed by atoms with Crippen LogP contribution >= 0.6 is 11.8 Å². The Balaban J connectivity index is 2.00. The summed E-state index contributed by atoms with van der Waals surface area (Å²) in [4.78, 5) is 27.3. The molecule has 6 heteroatoms. The number of carbonyl (C=O) groups excluding carboxylic acids is 1. The molecule has 114 valence electrons. The number of nitrogens with zero attached hydrogens (tertiary/aromatic N) is 2. The summed E-state index contributed by atoms with van der Waals surface area (Å²) in [6, 6.07) is -0.122. The minimum absolute atomic E-state index is 0.0373. The highest BCUT2D eigenvalue weighted by Crippen LogP contribution is 2.26. The Kier molecular flexibility index (Phi) is 5.18. The quantitative estimate of drug-likeness (QED) is 0.847. The molecule has 2 aliphatic heterocycles. The number of urea groups is 1. The Bertz CT molecular complexity index is 377. The van der Waals surface area contributed by atoms with Crippen LogP contribution in [0.25, 0.3) is 0 Å². The van der Waals surface area contributed by atoms with Crippen molar-refractivity contribution < 1.29 is 14.7 Å². The van der Waals surface area contributed by atoms with Gasteiger partial charge in [-0.2, -0.15) is 11.8 Å². The molecule has 0 radical (unpaired) electrons. The third-order valence-corrected chi connectivity index (χ3v) is 5.58. The largest absolute Gasteiger partial charge is 0.481 e. The molecule has 2 saturated heterocycles. The summed E-state index contributed by atoms with van der Waals surface area (Å²) in [6.07, 6.45) is 1.09. The predicted molar refractivity (Wildman–Crippen MR) is 80.0 cm³/mol. The average Bonchev–Trinajstić information content (AvgIpc) is 2.41. The minimum atomic E-state index is -0.823. The molecule has 0 aromatic heterocycles. The van der Waals surface area contributed by atoms with E-state index >= 15 is 0 Å². The van der Waals surface area contributed by atoms with Gasteiger partial charge in [-0.25, -0.2) is 4.79 Å². The van der Waals surface area contributed by atoms with Crippen molar-refractivity contribution in [3.8, 4) is 0 Å². The van der Waals surface area contributed by atoms with Crippen molar-refractivity contribution in [1.82, 2.24) is 9.80 Å². The zero-order chi connectivity index (χ0) is 14.7. The van der Waals surface area contributed by atoms with Gasteiger partial charge in [-0.1, -0.05) is 13.8 Å². The summed E-state index contributed by atoms with van der Waals surface area (Å²) >= 11 is 1.74. The van der Waals surface area contributed by atoms with E-state index in [1.807, 2.05) is 4.90 Å². The Morgan fingerprint density at radius 2 is 2.00 bits per heavy atom. The normalized spacial score (nSPS) is 31.2. The van der Waals surface area contributed by atoms with Crippen LogP contribution in [0.4, 0.5) is 4.79 Å². The molecule has 0 saturated carbocycles. The standard InChI is InChI=1S/C14H24N2O3S/c1-10-3-4-15(8-11(10)2)14(19)16-5-6-20-9-12(16)7-13(17)18/h10-12H,3-9H2,1-2H3,(H,17,18). The van der Waals surface area contributed by atoms with E-state index in [9.17, 15) is 9.59 Å². The lowest BCUT2D eigenvalue weighted by Crippen LogP contribution is -2.55. The lowest BCUT2D eigenvalue weighted by molar-refractivity contribution is -0.138. The van der Waals surface area contributed by atoms with E-state index in [0.717, 1.165) is 31.0 Å². The zero-order valence-corrected chi connectivity index (χ0v) is 13.1. The third-order valence-electron chi connectivity index (χ3n) is 4.49. The third kappa shape index (κ3) is 3.59. The Hall–Kier alpha value is -0.910. The minimum Gasteiger partial charge on any atom is -0.481 e. The van der Waals surface area contributed by atoms with Gasteiger partial charge in [0.15, 0.2) is 0 Å². The van der Waals surface area contributed by atoms with E-state index in [0.29, 0.717) is 18.4 Å². The Morgan fingerprint density at radius 3 is 2.65 bits per heavy atom. The number of hydrogen-bond donors (Lipinski definition) is 1. The second kappa shape index (κ2) is 6.70. The fourth-order valence-electron chi connectivity index (χ4n) is 2.90. The molecule has 0 aromatic rings. The number of piperidine rings is 1. The molecular weight excluding hydrogens is 276 g/mol. The summed E-state index contributed by atoms with van der Waals surface area (Å²) in [5.74, 6) is 1.99. The highest BCUT2D eigenvalue weighted by atomic mass is 32.2. The van der Waals surface area contributed by atoms with E-state index in [2.05, 4.69) is 13.8 Å². The van der Waals surface area contributed by atoms with Gasteiger partial charge in [0.25, 0.3) is 0 Å². The maximum Gasteiger partial charge on any atom is 0.320 e. The van der Waals surface area contributed by atoms with Crippen molar-refractivity contribution >= 4 is 23.8 Å². The molecule has 1 N–H and O–H groups in total. The molecule has 5 nitrogen and oxygen atoms in total. The second-order valence-corrected chi connectivity index (χ2v) is 7.14. The maximum atomic E-state index is 12.6. The number of thioether (sulfide) groups is 1. The lowest BCUT2D eigenvalue weighted by Gasteiger charge is -2.42. The fourth-order valence-corrected chi connectivity index (χ4v) is 3.96. The van der Waals surface area contributed by atoms with Gasteiger partial charge in [-0.3, -0.25) is 4.79 Å². The summed E-state index contributed by atoms with van der Waals surface area (Å²) in [6.45, 7) is 6.68. The highest BCUT2D eigenvalue weighted by molar-refractivity contribution is 7.99. The first-order valence-corrected chi connectivity index (χ1v) is 8.49. The van der Waals surface area contributed by atoms with Gasteiger partial charge >= 0.3 is 12.0 Å². The van der Waals surface area contributed by atoms with E-state index in [1.54, 1.807) is 16.7 Å². The van der Waals surface area contributed by atoms with Crippen molar-refractivity contribution in [2.45, 2.75) is 32.7 Å². The summed E-state index contributed by atoms with van der Waals surface area (Å²) in [5.41, 5.74) is 0. The number of amides is 2. The molecule has 3 unspecified atom stereocenters. The molecule has 2 rings (SSSR count). The van der Waals surface area contributed by atoms with E-state index < -0.39 is 5.97 Å². The first-order valence-electron chi connectivity index (χ1n) is 7.34. The molecule has 0 aliphatic carbocycles. The van der Waals surface area contributed by atoms with Crippen LogP contribution in [-0.2, 0) is 4.79 Å². The molecule has 2 fully saturated rings. The van der Waals surface area contributed by atoms with Crippen LogP contribution in [0, 0.1) is 11.8 Å². The van der Waals surface area contributed by atoms with E-state index in [4.69, 9.17) is 5.11 Å². The van der Waals surface area contributed by atoms with Crippen molar-refractivity contribution in [3.63, 3.8) is 0 Å². The maximum absolute atomic E-state index is 12.6. The van der Waals surface area contributed by atoms with E-state index in [-0.39, 0.29) is 18.5 Å². The summed E-state index contributed by atoms with van der Waals surface area (Å²) in [5, 5.41) is 8.99. The van der Waals surface area contributed by atoms with Crippen LogP contribution in [-0.4, -0.2) is 64.1 Å². The van der Waals surface area contributed by atoms with Crippen molar-refractivity contribution in [1.29, 1.82) is 0 Å².